The first-order valence-corrected chi connectivity index (χ1v) is 7.83. The normalized spacial score (nSPS) is 10.5. The van der Waals surface area contributed by atoms with Crippen molar-refractivity contribution in [3.8, 4) is 11.4 Å². The number of pyridine rings is 1. The molecule has 1 aromatic carbocycles. The highest BCUT2D eigenvalue weighted by Crippen LogP contribution is 2.18. The van der Waals surface area contributed by atoms with Gasteiger partial charge >= 0.3 is 0 Å². The van der Waals surface area contributed by atoms with Gasteiger partial charge in [-0.2, -0.15) is 0 Å². The van der Waals surface area contributed by atoms with Crippen LogP contribution in [0.5, 0.6) is 0 Å². The highest BCUT2D eigenvalue weighted by atomic mass is 15.0. The summed E-state index contributed by atoms with van der Waals surface area (Å²) >= 11 is 0. The lowest BCUT2D eigenvalue weighted by atomic mass is 10.1. The van der Waals surface area contributed by atoms with Crippen LogP contribution in [0.1, 0.15) is 23.7 Å². The lowest BCUT2D eigenvalue weighted by Crippen LogP contribution is -2.05. The molecule has 4 heteroatoms. The molecule has 23 heavy (non-hydrogen) atoms. The number of rotatable bonds is 5. The number of aryl methyl sites for hydroxylation is 2. The molecular weight excluding hydrogens is 284 g/mol. The molecule has 0 unspecified atom stereocenters. The van der Waals surface area contributed by atoms with E-state index in [1.54, 1.807) is 12.4 Å². The van der Waals surface area contributed by atoms with E-state index >= 15 is 0 Å². The molecule has 0 radical (unpaired) electrons. The van der Waals surface area contributed by atoms with Gasteiger partial charge in [0, 0.05) is 36.3 Å². The van der Waals surface area contributed by atoms with Crippen LogP contribution in [0.15, 0.2) is 54.9 Å². The largest absolute Gasteiger partial charge is 0.366 e. The summed E-state index contributed by atoms with van der Waals surface area (Å²) in [6.45, 7) is 4.91. The maximum absolute atomic E-state index is 4.61. The number of aromatic nitrogens is 3. The predicted octanol–water partition coefficient (Wildman–Crippen LogP) is 4.02. The summed E-state index contributed by atoms with van der Waals surface area (Å²) in [5, 5.41) is 3.42. The molecule has 0 spiro atoms. The standard InChI is InChI=1S/C19H20N4/c1-3-15-7-4-5-8-16(15)13-21-18-11-14(2)22-19(23-18)17-9-6-10-20-12-17/h4-12H,3,13H2,1-2H3,(H,21,22,23). The van der Waals surface area contributed by atoms with E-state index in [0.717, 1.165) is 30.0 Å². The first-order valence-electron chi connectivity index (χ1n) is 7.83. The number of nitrogens with one attached hydrogen (secondary N) is 1. The molecule has 4 nitrogen and oxygen atoms in total. The SMILES string of the molecule is CCc1ccccc1CNc1cc(C)nc(-c2cccnc2)n1. The van der Waals surface area contributed by atoms with E-state index in [4.69, 9.17) is 0 Å². The van der Waals surface area contributed by atoms with Gasteiger partial charge in [-0.25, -0.2) is 9.97 Å². The lowest BCUT2D eigenvalue weighted by molar-refractivity contribution is 1.02. The molecule has 3 rings (SSSR count). The molecule has 0 bridgehead atoms. The van der Waals surface area contributed by atoms with Crippen molar-refractivity contribution in [1.82, 2.24) is 15.0 Å². The van der Waals surface area contributed by atoms with Crippen LogP contribution in [0.2, 0.25) is 0 Å². The molecule has 0 fully saturated rings. The van der Waals surface area contributed by atoms with Crippen LogP contribution in [-0.4, -0.2) is 15.0 Å². The third kappa shape index (κ3) is 3.72. The molecule has 1 N–H and O–H groups in total. The maximum Gasteiger partial charge on any atom is 0.163 e. The van der Waals surface area contributed by atoms with Gasteiger partial charge in [-0.1, -0.05) is 31.2 Å². The molecule has 0 atom stereocenters. The Morgan fingerprint density at radius 2 is 1.83 bits per heavy atom. The zero-order chi connectivity index (χ0) is 16.1. The second-order valence-electron chi connectivity index (χ2n) is 5.44. The Morgan fingerprint density at radius 1 is 1.00 bits per heavy atom. The quantitative estimate of drug-likeness (QED) is 0.773. The Morgan fingerprint density at radius 3 is 2.57 bits per heavy atom. The first kappa shape index (κ1) is 15.2. The van der Waals surface area contributed by atoms with Crippen LogP contribution in [0, 0.1) is 6.92 Å². The Balaban J connectivity index is 1.82. The van der Waals surface area contributed by atoms with E-state index in [9.17, 15) is 0 Å². The highest BCUT2D eigenvalue weighted by Gasteiger charge is 2.06. The fourth-order valence-electron chi connectivity index (χ4n) is 2.54. The van der Waals surface area contributed by atoms with Gasteiger partial charge in [-0.05, 0) is 36.6 Å². The summed E-state index contributed by atoms with van der Waals surface area (Å²) in [5.74, 6) is 1.53. The number of benzene rings is 1. The van der Waals surface area contributed by atoms with E-state index < -0.39 is 0 Å². The van der Waals surface area contributed by atoms with Gasteiger partial charge in [-0.3, -0.25) is 4.98 Å². The van der Waals surface area contributed by atoms with E-state index in [1.165, 1.54) is 11.1 Å². The van der Waals surface area contributed by atoms with Crippen molar-refractivity contribution < 1.29 is 0 Å². The molecule has 116 valence electrons. The molecular formula is C19H20N4. The average Bonchev–Trinajstić information content (AvgIpc) is 2.60. The van der Waals surface area contributed by atoms with Crippen LogP contribution in [0.4, 0.5) is 5.82 Å². The minimum absolute atomic E-state index is 0.698. The van der Waals surface area contributed by atoms with E-state index in [-0.39, 0.29) is 0 Å². The van der Waals surface area contributed by atoms with Gasteiger partial charge in [0.1, 0.15) is 5.82 Å². The molecule has 0 saturated carbocycles. The minimum atomic E-state index is 0.698. The summed E-state index contributed by atoms with van der Waals surface area (Å²) < 4.78 is 0. The van der Waals surface area contributed by atoms with Gasteiger partial charge in [0.05, 0.1) is 0 Å². The fraction of sp³-hybridized carbons (Fsp3) is 0.211. The highest BCUT2D eigenvalue weighted by molar-refractivity contribution is 5.56. The average molecular weight is 304 g/mol. The maximum atomic E-state index is 4.61. The topological polar surface area (TPSA) is 50.7 Å². The number of hydrogen-bond acceptors (Lipinski definition) is 4. The second-order valence-corrected chi connectivity index (χ2v) is 5.44. The molecule has 0 aliphatic rings. The summed E-state index contributed by atoms with van der Waals surface area (Å²) in [5.41, 5.74) is 4.52. The smallest absolute Gasteiger partial charge is 0.163 e. The van der Waals surface area contributed by atoms with Gasteiger partial charge in [0.25, 0.3) is 0 Å². The van der Waals surface area contributed by atoms with Crippen molar-refractivity contribution >= 4 is 5.82 Å². The van der Waals surface area contributed by atoms with Crippen molar-refractivity contribution in [2.45, 2.75) is 26.8 Å². The molecule has 0 aliphatic carbocycles. The second kappa shape index (κ2) is 7.01. The first-order chi connectivity index (χ1) is 11.3. The van der Waals surface area contributed by atoms with E-state index in [1.807, 2.05) is 25.1 Å². The Kier molecular flexibility index (Phi) is 4.62. The zero-order valence-corrected chi connectivity index (χ0v) is 13.5. The monoisotopic (exact) mass is 304 g/mol. The minimum Gasteiger partial charge on any atom is -0.366 e. The number of nitrogens with zero attached hydrogens (tertiary/aromatic N) is 3. The Bertz CT molecular complexity index is 784. The third-order valence-corrected chi connectivity index (χ3v) is 3.73. The molecule has 2 aromatic heterocycles. The van der Waals surface area contributed by atoms with Gasteiger partial charge in [-0.15, -0.1) is 0 Å². The van der Waals surface area contributed by atoms with Gasteiger partial charge < -0.3 is 5.32 Å². The number of anilines is 1. The van der Waals surface area contributed by atoms with Crippen LogP contribution < -0.4 is 5.32 Å². The summed E-state index contributed by atoms with van der Waals surface area (Å²) in [7, 11) is 0. The van der Waals surface area contributed by atoms with Crippen molar-refractivity contribution in [3.63, 3.8) is 0 Å². The Hall–Kier alpha value is -2.75. The Labute approximate surface area is 136 Å². The van der Waals surface area contributed by atoms with Crippen LogP contribution >= 0.6 is 0 Å². The number of hydrogen-bond donors (Lipinski definition) is 1. The third-order valence-electron chi connectivity index (χ3n) is 3.73. The van der Waals surface area contributed by atoms with Crippen LogP contribution in [-0.2, 0) is 13.0 Å². The summed E-state index contributed by atoms with van der Waals surface area (Å²) in [6.07, 6.45) is 4.56. The zero-order valence-electron chi connectivity index (χ0n) is 13.5. The van der Waals surface area contributed by atoms with Crippen LogP contribution in [0.3, 0.4) is 0 Å². The molecule has 0 saturated heterocycles. The van der Waals surface area contributed by atoms with Gasteiger partial charge in [0.2, 0.25) is 0 Å². The summed E-state index contributed by atoms with van der Waals surface area (Å²) in [6, 6.07) is 14.3. The van der Waals surface area contributed by atoms with E-state index in [0.29, 0.717) is 5.82 Å². The predicted molar refractivity (Wildman–Crippen MR) is 93.1 cm³/mol. The van der Waals surface area contributed by atoms with Gasteiger partial charge in [0.15, 0.2) is 5.82 Å². The molecule has 3 aromatic rings. The molecule has 0 amide bonds. The van der Waals surface area contributed by atoms with Crippen molar-refractivity contribution in [1.29, 1.82) is 0 Å². The van der Waals surface area contributed by atoms with Crippen molar-refractivity contribution in [3.05, 3.63) is 71.7 Å². The molecule has 2 heterocycles. The summed E-state index contributed by atoms with van der Waals surface area (Å²) in [4.78, 5) is 13.3. The van der Waals surface area contributed by atoms with Crippen LogP contribution in [0.25, 0.3) is 11.4 Å². The molecule has 0 aliphatic heterocycles. The van der Waals surface area contributed by atoms with Crippen molar-refractivity contribution in [2.24, 2.45) is 0 Å². The fourth-order valence-corrected chi connectivity index (χ4v) is 2.54. The lowest BCUT2D eigenvalue weighted by Gasteiger charge is -2.11. The van der Waals surface area contributed by atoms with Crippen molar-refractivity contribution in [2.75, 3.05) is 5.32 Å². The van der Waals surface area contributed by atoms with E-state index in [2.05, 4.69) is 51.5 Å².